The summed E-state index contributed by atoms with van der Waals surface area (Å²) in [6.45, 7) is 4.55. The highest BCUT2D eigenvalue weighted by atomic mass is 15.2. The lowest BCUT2D eigenvalue weighted by molar-refractivity contribution is 0.0796. The van der Waals surface area contributed by atoms with Crippen molar-refractivity contribution in [3.63, 3.8) is 0 Å². The fourth-order valence-corrected chi connectivity index (χ4v) is 3.41. The van der Waals surface area contributed by atoms with Crippen LogP contribution < -0.4 is 5.73 Å². The van der Waals surface area contributed by atoms with Crippen molar-refractivity contribution in [3.05, 3.63) is 0 Å². The van der Waals surface area contributed by atoms with Gasteiger partial charge in [-0.3, -0.25) is 0 Å². The second kappa shape index (κ2) is 5.31. The Morgan fingerprint density at radius 2 is 1.67 bits per heavy atom. The maximum atomic E-state index is 6.54. The molecule has 0 aromatic carbocycles. The van der Waals surface area contributed by atoms with Gasteiger partial charge in [-0.25, -0.2) is 0 Å². The molecule has 2 N–H and O–H groups in total. The van der Waals surface area contributed by atoms with E-state index in [2.05, 4.69) is 32.8 Å². The average molecular weight is 212 g/mol. The van der Waals surface area contributed by atoms with E-state index in [1.54, 1.807) is 0 Å². The van der Waals surface area contributed by atoms with Gasteiger partial charge in [0.05, 0.1) is 0 Å². The molecule has 1 rings (SSSR count). The summed E-state index contributed by atoms with van der Waals surface area (Å²) in [6, 6.07) is 0.352. The third-order valence-electron chi connectivity index (χ3n) is 4.64. The Bertz CT molecular complexity index is 179. The number of likely N-dealkylation sites (N-methyl/N-ethyl adjacent to an activating group) is 1. The first kappa shape index (κ1) is 13.0. The van der Waals surface area contributed by atoms with Crippen LogP contribution in [0.25, 0.3) is 0 Å². The van der Waals surface area contributed by atoms with Gasteiger partial charge in [0.1, 0.15) is 0 Å². The summed E-state index contributed by atoms with van der Waals surface area (Å²) in [6.07, 6.45) is 7.78. The highest BCUT2D eigenvalue weighted by Crippen LogP contribution is 2.36. The third kappa shape index (κ3) is 2.36. The Labute approximate surface area is 95.2 Å². The highest BCUT2D eigenvalue weighted by molar-refractivity contribution is 4.99. The molecule has 0 radical (unpaired) electrons. The molecular weight excluding hydrogens is 184 g/mol. The van der Waals surface area contributed by atoms with Gasteiger partial charge in [0, 0.05) is 11.6 Å². The fourth-order valence-electron chi connectivity index (χ4n) is 3.41. The molecule has 0 spiro atoms. The molecule has 1 saturated carbocycles. The van der Waals surface area contributed by atoms with E-state index in [4.69, 9.17) is 5.73 Å². The van der Waals surface area contributed by atoms with Gasteiger partial charge in [-0.05, 0) is 45.7 Å². The molecule has 0 aromatic heterocycles. The van der Waals surface area contributed by atoms with Gasteiger partial charge in [0.2, 0.25) is 0 Å². The molecule has 0 amide bonds. The zero-order valence-electron chi connectivity index (χ0n) is 10.9. The zero-order valence-corrected chi connectivity index (χ0v) is 10.9. The number of nitrogens with two attached hydrogens (primary N) is 1. The van der Waals surface area contributed by atoms with Crippen molar-refractivity contribution < 1.29 is 0 Å². The minimum absolute atomic E-state index is 0.217. The van der Waals surface area contributed by atoms with E-state index >= 15 is 0 Å². The number of nitrogens with zero attached hydrogens (tertiary/aromatic N) is 1. The van der Waals surface area contributed by atoms with Crippen molar-refractivity contribution in [3.8, 4) is 0 Å². The van der Waals surface area contributed by atoms with E-state index in [-0.39, 0.29) is 5.54 Å². The molecule has 15 heavy (non-hydrogen) atoms. The first-order valence-corrected chi connectivity index (χ1v) is 6.51. The van der Waals surface area contributed by atoms with Gasteiger partial charge < -0.3 is 10.6 Å². The topological polar surface area (TPSA) is 29.3 Å². The number of hydrogen-bond donors (Lipinski definition) is 1. The second-order valence-corrected chi connectivity index (χ2v) is 5.28. The molecule has 0 heterocycles. The zero-order chi connectivity index (χ0) is 11.5. The standard InChI is InChI=1S/C13H28N2/c1-5-13(6-2,15(3)4)12(14)11-9-7-8-10-11/h11-12H,5-10,14H2,1-4H3. The maximum absolute atomic E-state index is 6.54. The van der Waals surface area contributed by atoms with Gasteiger partial charge in [-0.1, -0.05) is 26.7 Å². The van der Waals surface area contributed by atoms with Crippen LogP contribution in [0.2, 0.25) is 0 Å². The van der Waals surface area contributed by atoms with Crippen LogP contribution in [0.3, 0.4) is 0 Å². The van der Waals surface area contributed by atoms with Crippen LogP contribution in [0.5, 0.6) is 0 Å². The summed E-state index contributed by atoms with van der Waals surface area (Å²) >= 11 is 0. The summed E-state index contributed by atoms with van der Waals surface area (Å²) in [5.41, 5.74) is 6.76. The average Bonchev–Trinajstić information content (AvgIpc) is 2.72. The summed E-state index contributed by atoms with van der Waals surface area (Å²) < 4.78 is 0. The molecule has 1 unspecified atom stereocenters. The first-order chi connectivity index (χ1) is 7.08. The number of rotatable bonds is 5. The second-order valence-electron chi connectivity index (χ2n) is 5.28. The Kier molecular flexibility index (Phi) is 4.60. The Hall–Kier alpha value is -0.0800. The molecule has 1 aliphatic rings. The molecule has 1 aliphatic carbocycles. The predicted octanol–water partition coefficient (Wildman–Crippen LogP) is 2.62. The van der Waals surface area contributed by atoms with Crippen LogP contribution in [0.15, 0.2) is 0 Å². The minimum Gasteiger partial charge on any atom is -0.326 e. The van der Waals surface area contributed by atoms with Crippen LogP contribution in [-0.2, 0) is 0 Å². The molecule has 2 heteroatoms. The van der Waals surface area contributed by atoms with Gasteiger partial charge in [-0.2, -0.15) is 0 Å². The van der Waals surface area contributed by atoms with Crippen molar-refractivity contribution >= 4 is 0 Å². The molecule has 1 fully saturated rings. The molecule has 1 atom stereocenters. The van der Waals surface area contributed by atoms with E-state index < -0.39 is 0 Å². The Balaban J connectivity index is 2.77. The normalized spacial score (nSPS) is 21.2. The lowest BCUT2D eigenvalue weighted by atomic mass is 9.76. The largest absolute Gasteiger partial charge is 0.326 e. The van der Waals surface area contributed by atoms with Gasteiger partial charge >= 0.3 is 0 Å². The van der Waals surface area contributed by atoms with Gasteiger partial charge in [-0.15, -0.1) is 0 Å². The third-order valence-corrected chi connectivity index (χ3v) is 4.64. The Morgan fingerprint density at radius 1 is 1.20 bits per heavy atom. The van der Waals surface area contributed by atoms with Crippen LogP contribution in [0.4, 0.5) is 0 Å². The molecule has 0 saturated heterocycles. The van der Waals surface area contributed by atoms with Crippen molar-refractivity contribution in [1.29, 1.82) is 0 Å². The monoisotopic (exact) mass is 212 g/mol. The summed E-state index contributed by atoms with van der Waals surface area (Å²) in [4.78, 5) is 2.36. The van der Waals surface area contributed by atoms with Crippen LogP contribution >= 0.6 is 0 Å². The van der Waals surface area contributed by atoms with Crippen molar-refractivity contribution in [2.24, 2.45) is 11.7 Å². The van der Waals surface area contributed by atoms with Crippen molar-refractivity contribution in [1.82, 2.24) is 4.90 Å². The van der Waals surface area contributed by atoms with Crippen molar-refractivity contribution in [2.75, 3.05) is 14.1 Å². The van der Waals surface area contributed by atoms with Crippen LogP contribution in [-0.4, -0.2) is 30.6 Å². The summed E-state index contributed by atoms with van der Waals surface area (Å²) in [5, 5.41) is 0. The maximum Gasteiger partial charge on any atom is 0.0351 e. The molecule has 90 valence electrons. The number of hydrogen-bond acceptors (Lipinski definition) is 2. The van der Waals surface area contributed by atoms with Crippen molar-refractivity contribution in [2.45, 2.75) is 64.0 Å². The first-order valence-electron chi connectivity index (χ1n) is 6.51. The smallest absolute Gasteiger partial charge is 0.0351 e. The molecule has 0 aromatic rings. The lowest BCUT2D eigenvalue weighted by Crippen LogP contribution is -2.59. The highest BCUT2D eigenvalue weighted by Gasteiger charge is 2.40. The molecule has 0 bridgehead atoms. The summed E-state index contributed by atoms with van der Waals surface area (Å²) in [5.74, 6) is 0.757. The summed E-state index contributed by atoms with van der Waals surface area (Å²) in [7, 11) is 4.36. The lowest BCUT2D eigenvalue weighted by Gasteiger charge is -2.46. The minimum atomic E-state index is 0.217. The predicted molar refractivity (Wildman–Crippen MR) is 66.9 cm³/mol. The van der Waals surface area contributed by atoms with E-state index in [0.717, 1.165) is 18.8 Å². The fraction of sp³-hybridized carbons (Fsp3) is 1.00. The van der Waals surface area contributed by atoms with E-state index in [9.17, 15) is 0 Å². The van der Waals surface area contributed by atoms with E-state index in [0.29, 0.717) is 6.04 Å². The van der Waals surface area contributed by atoms with Crippen LogP contribution in [0, 0.1) is 5.92 Å². The van der Waals surface area contributed by atoms with E-state index in [1.165, 1.54) is 25.7 Å². The SMILES string of the molecule is CCC(CC)(C(N)C1CCCC1)N(C)C. The Morgan fingerprint density at radius 3 is 2.00 bits per heavy atom. The van der Waals surface area contributed by atoms with Gasteiger partial charge in [0.25, 0.3) is 0 Å². The molecular formula is C13H28N2. The van der Waals surface area contributed by atoms with Gasteiger partial charge in [0.15, 0.2) is 0 Å². The quantitative estimate of drug-likeness (QED) is 0.759. The van der Waals surface area contributed by atoms with E-state index in [1.807, 2.05) is 0 Å². The molecule has 0 aliphatic heterocycles. The molecule has 2 nitrogen and oxygen atoms in total. The van der Waals surface area contributed by atoms with Crippen LogP contribution in [0.1, 0.15) is 52.4 Å².